The van der Waals surface area contributed by atoms with E-state index in [1.54, 1.807) is 69.5 Å². The average molecular weight is 421 g/mol. The molecule has 1 N–H and O–H groups in total. The Balaban J connectivity index is 1.90. The van der Waals surface area contributed by atoms with E-state index < -0.39 is 11.9 Å². The van der Waals surface area contributed by atoms with E-state index in [1.807, 2.05) is 0 Å². The van der Waals surface area contributed by atoms with Crippen molar-refractivity contribution in [2.24, 2.45) is 0 Å². The maximum atomic E-state index is 12.8. The number of aryl methyl sites for hydroxylation is 1. The molecule has 1 aromatic heterocycles. The molecule has 3 aromatic rings. The number of rotatable bonds is 7. The lowest BCUT2D eigenvalue weighted by atomic mass is 10.1. The minimum atomic E-state index is -0.536. The van der Waals surface area contributed by atoms with Gasteiger partial charge in [-0.2, -0.15) is 0 Å². The van der Waals surface area contributed by atoms with Crippen molar-refractivity contribution in [3.05, 3.63) is 76.2 Å². The number of amides is 1. The SMILES string of the molecule is CCOC(=O)c1ccccc1NC(=O)Cn1c(-c2ccc(OC)cc2)nc(C)cc1=O. The largest absolute Gasteiger partial charge is 0.497 e. The lowest BCUT2D eigenvalue weighted by molar-refractivity contribution is -0.116. The van der Waals surface area contributed by atoms with Crippen LogP contribution in [0.4, 0.5) is 5.69 Å². The number of carbonyl (C=O) groups excluding carboxylic acids is 2. The van der Waals surface area contributed by atoms with Crippen molar-refractivity contribution in [1.82, 2.24) is 9.55 Å². The lowest BCUT2D eigenvalue weighted by Crippen LogP contribution is -2.30. The van der Waals surface area contributed by atoms with Crippen LogP contribution in [-0.2, 0) is 16.1 Å². The van der Waals surface area contributed by atoms with Crippen LogP contribution in [-0.4, -0.2) is 35.1 Å². The van der Waals surface area contributed by atoms with Gasteiger partial charge < -0.3 is 14.8 Å². The highest BCUT2D eigenvalue weighted by Crippen LogP contribution is 2.21. The van der Waals surface area contributed by atoms with Crippen LogP contribution in [0.3, 0.4) is 0 Å². The maximum Gasteiger partial charge on any atom is 0.340 e. The van der Waals surface area contributed by atoms with Gasteiger partial charge in [0.2, 0.25) is 5.91 Å². The summed E-state index contributed by atoms with van der Waals surface area (Å²) in [5.41, 5.74) is 1.40. The Labute approximate surface area is 179 Å². The van der Waals surface area contributed by atoms with Crippen LogP contribution in [0.5, 0.6) is 5.75 Å². The summed E-state index contributed by atoms with van der Waals surface area (Å²) >= 11 is 0. The topological polar surface area (TPSA) is 99.5 Å². The zero-order valence-corrected chi connectivity index (χ0v) is 17.5. The Bertz CT molecular complexity index is 1150. The number of hydrogen-bond acceptors (Lipinski definition) is 6. The summed E-state index contributed by atoms with van der Waals surface area (Å²) in [6, 6.07) is 15.0. The van der Waals surface area contributed by atoms with E-state index in [0.717, 1.165) is 0 Å². The predicted octanol–water partition coefficient (Wildman–Crippen LogP) is 3.04. The number of aromatic nitrogens is 2. The van der Waals surface area contributed by atoms with Gasteiger partial charge in [0.1, 0.15) is 18.1 Å². The number of nitrogens with one attached hydrogen (secondary N) is 1. The normalized spacial score (nSPS) is 10.4. The third-order valence-corrected chi connectivity index (χ3v) is 4.48. The highest BCUT2D eigenvalue weighted by Gasteiger charge is 2.17. The summed E-state index contributed by atoms with van der Waals surface area (Å²) in [7, 11) is 1.56. The van der Waals surface area contributed by atoms with Gasteiger partial charge in [-0.05, 0) is 50.2 Å². The van der Waals surface area contributed by atoms with Gasteiger partial charge in [-0.3, -0.25) is 14.2 Å². The second kappa shape index (κ2) is 9.71. The summed E-state index contributed by atoms with van der Waals surface area (Å²) in [5.74, 6) is 0.0193. The van der Waals surface area contributed by atoms with Gasteiger partial charge in [0, 0.05) is 17.3 Å². The maximum absolute atomic E-state index is 12.8. The Hall–Kier alpha value is -3.94. The number of para-hydroxylation sites is 1. The first-order chi connectivity index (χ1) is 14.9. The number of ether oxygens (including phenoxy) is 2. The molecular weight excluding hydrogens is 398 g/mol. The van der Waals surface area contributed by atoms with E-state index in [1.165, 1.54) is 10.6 Å². The molecule has 0 aliphatic carbocycles. The molecule has 8 heteroatoms. The average Bonchev–Trinajstić information content (AvgIpc) is 2.76. The van der Waals surface area contributed by atoms with Gasteiger partial charge in [-0.25, -0.2) is 9.78 Å². The second-order valence-corrected chi connectivity index (χ2v) is 6.69. The number of benzene rings is 2. The fourth-order valence-corrected chi connectivity index (χ4v) is 3.05. The van der Waals surface area contributed by atoms with Crippen molar-refractivity contribution in [2.45, 2.75) is 20.4 Å². The number of nitrogens with zero attached hydrogens (tertiary/aromatic N) is 2. The highest BCUT2D eigenvalue weighted by molar-refractivity contribution is 6.01. The summed E-state index contributed by atoms with van der Waals surface area (Å²) in [6.45, 7) is 3.37. The third kappa shape index (κ3) is 5.16. The van der Waals surface area contributed by atoms with Crippen LogP contribution < -0.4 is 15.6 Å². The first-order valence-electron chi connectivity index (χ1n) is 9.71. The van der Waals surface area contributed by atoms with E-state index in [4.69, 9.17) is 9.47 Å². The highest BCUT2D eigenvalue weighted by atomic mass is 16.5. The molecular formula is C23H23N3O5. The Morgan fingerprint density at radius 1 is 1.10 bits per heavy atom. The van der Waals surface area contributed by atoms with Crippen LogP contribution >= 0.6 is 0 Å². The van der Waals surface area contributed by atoms with Gasteiger partial charge in [-0.1, -0.05) is 12.1 Å². The van der Waals surface area contributed by atoms with Crippen molar-refractivity contribution < 1.29 is 19.1 Å². The molecule has 0 bridgehead atoms. The van der Waals surface area contributed by atoms with Crippen molar-refractivity contribution >= 4 is 17.6 Å². The molecule has 2 aromatic carbocycles. The van der Waals surface area contributed by atoms with Crippen LogP contribution in [0, 0.1) is 6.92 Å². The van der Waals surface area contributed by atoms with Crippen LogP contribution in [0.15, 0.2) is 59.4 Å². The van der Waals surface area contributed by atoms with Crippen LogP contribution in [0.25, 0.3) is 11.4 Å². The molecule has 0 radical (unpaired) electrons. The fourth-order valence-electron chi connectivity index (χ4n) is 3.05. The Kier molecular flexibility index (Phi) is 6.81. The quantitative estimate of drug-likeness (QED) is 0.589. The lowest BCUT2D eigenvalue weighted by Gasteiger charge is -2.14. The molecule has 0 unspecified atom stereocenters. The van der Waals surface area contributed by atoms with Gasteiger partial charge in [0.25, 0.3) is 5.56 Å². The number of carbonyl (C=O) groups is 2. The number of esters is 1. The van der Waals surface area contributed by atoms with Crippen molar-refractivity contribution in [3.8, 4) is 17.1 Å². The number of methoxy groups -OCH3 is 1. The molecule has 1 heterocycles. The van der Waals surface area contributed by atoms with Crippen molar-refractivity contribution in [2.75, 3.05) is 19.0 Å². The van der Waals surface area contributed by atoms with E-state index >= 15 is 0 Å². The molecule has 0 fully saturated rings. The first kappa shape index (κ1) is 21.8. The smallest absolute Gasteiger partial charge is 0.340 e. The molecule has 0 aliphatic rings. The van der Waals surface area contributed by atoms with Gasteiger partial charge >= 0.3 is 5.97 Å². The van der Waals surface area contributed by atoms with E-state index in [9.17, 15) is 14.4 Å². The van der Waals surface area contributed by atoms with E-state index in [0.29, 0.717) is 28.5 Å². The zero-order chi connectivity index (χ0) is 22.4. The summed E-state index contributed by atoms with van der Waals surface area (Å²) in [4.78, 5) is 42.0. The zero-order valence-electron chi connectivity index (χ0n) is 17.5. The van der Waals surface area contributed by atoms with E-state index in [-0.39, 0.29) is 24.3 Å². The fraction of sp³-hybridized carbons (Fsp3) is 0.217. The van der Waals surface area contributed by atoms with Crippen LogP contribution in [0.1, 0.15) is 23.0 Å². The molecule has 8 nitrogen and oxygen atoms in total. The van der Waals surface area contributed by atoms with E-state index in [2.05, 4.69) is 10.3 Å². The molecule has 0 saturated heterocycles. The number of anilines is 1. The minimum absolute atomic E-state index is 0.219. The molecule has 160 valence electrons. The molecule has 0 spiro atoms. The van der Waals surface area contributed by atoms with Gasteiger partial charge in [0.05, 0.1) is 25.0 Å². The molecule has 1 amide bonds. The molecule has 0 saturated carbocycles. The summed E-state index contributed by atoms with van der Waals surface area (Å²) < 4.78 is 11.5. The van der Waals surface area contributed by atoms with Crippen LogP contribution in [0.2, 0.25) is 0 Å². The van der Waals surface area contributed by atoms with Gasteiger partial charge in [-0.15, -0.1) is 0 Å². The molecule has 3 rings (SSSR count). The Morgan fingerprint density at radius 3 is 2.48 bits per heavy atom. The minimum Gasteiger partial charge on any atom is -0.497 e. The monoisotopic (exact) mass is 421 g/mol. The second-order valence-electron chi connectivity index (χ2n) is 6.69. The third-order valence-electron chi connectivity index (χ3n) is 4.48. The predicted molar refractivity (Wildman–Crippen MR) is 116 cm³/mol. The summed E-state index contributed by atoms with van der Waals surface area (Å²) in [5, 5.41) is 2.69. The van der Waals surface area contributed by atoms with Crippen molar-refractivity contribution in [1.29, 1.82) is 0 Å². The molecule has 31 heavy (non-hydrogen) atoms. The first-order valence-corrected chi connectivity index (χ1v) is 9.71. The standard InChI is InChI=1S/C23H23N3O5/c1-4-31-23(29)18-7-5-6-8-19(18)25-20(27)14-26-21(28)13-15(2)24-22(26)16-9-11-17(30-3)12-10-16/h5-13H,4,14H2,1-3H3,(H,25,27). The molecule has 0 atom stereocenters. The number of hydrogen-bond donors (Lipinski definition) is 1. The summed E-state index contributed by atoms with van der Waals surface area (Å²) in [6.07, 6.45) is 0. The molecule has 0 aliphatic heterocycles. The Morgan fingerprint density at radius 2 is 1.81 bits per heavy atom. The van der Waals surface area contributed by atoms with Gasteiger partial charge in [0.15, 0.2) is 0 Å². The van der Waals surface area contributed by atoms with Crippen molar-refractivity contribution in [3.63, 3.8) is 0 Å².